The largest absolute Gasteiger partial charge is 0.351 e. The minimum absolute atomic E-state index is 0. The molecule has 0 aromatic heterocycles. The number of piperidine rings is 1. The van der Waals surface area contributed by atoms with Crippen LogP contribution >= 0.6 is 24.8 Å². The summed E-state index contributed by atoms with van der Waals surface area (Å²) in [6.07, 6.45) is 3.26. The number of carbonyl (C=O) groups is 1. The molecular formula is C18H31Cl2N3O. The van der Waals surface area contributed by atoms with Crippen LogP contribution in [0.1, 0.15) is 44.2 Å². The lowest BCUT2D eigenvalue weighted by Gasteiger charge is -2.30. The normalized spacial score (nSPS) is 16.6. The molecule has 2 rings (SSSR count). The second kappa shape index (κ2) is 11.7. The molecule has 1 aromatic rings. The Hall–Kier alpha value is -0.810. The van der Waals surface area contributed by atoms with Crippen LogP contribution in [0.5, 0.6) is 0 Å². The minimum Gasteiger partial charge on any atom is -0.351 e. The van der Waals surface area contributed by atoms with Crippen LogP contribution in [0.25, 0.3) is 0 Å². The number of hydrogen-bond acceptors (Lipinski definition) is 3. The fourth-order valence-electron chi connectivity index (χ4n) is 2.82. The Labute approximate surface area is 158 Å². The van der Waals surface area contributed by atoms with Gasteiger partial charge in [0.1, 0.15) is 0 Å². The summed E-state index contributed by atoms with van der Waals surface area (Å²) in [5.41, 5.74) is 8.19. The van der Waals surface area contributed by atoms with Crippen molar-refractivity contribution in [2.45, 2.75) is 52.2 Å². The molecule has 138 valence electrons. The highest BCUT2D eigenvalue weighted by Gasteiger charge is 2.15. The Morgan fingerprint density at radius 3 is 2.54 bits per heavy atom. The van der Waals surface area contributed by atoms with E-state index < -0.39 is 6.04 Å². The highest BCUT2D eigenvalue weighted by atomic mass is 35.5. The van der Waals surface area contributed by atoms with Crippen LogP contribution in [-0.4, -0.2) is 29.9 Å². The van der Waals surface area contributed by atoms with Crippen molar-refractivity contribution < 1.29 is 4.79 Å². The fraction of sp³-hybridized carbons (Fsp3) is 0.611. The lowest BCUT2D eigenvalue weighted by atomic mass is 9.98. The van der Waals surface area contributed by atoms with Crippen LogP contribution in [0.3, 0.4) is 0 Å². The summed E-state index contributed by atoms with van der Waals surface area (Å²) in [6, 6.07) is 8.08. The zero-order valence-corrected chi connectivity index (χ0v) is 16.3. The Morgan fingerprint density at radius 2 is 1.92 bits per heavy atom. The summed E-state index contributed by atoms with van der Waals surface area (Å²) in [5.74, 6) is 0.790. The number of carbonyl (C=O) groups excluding carboxylic acids is 1. The zero-order chi connectivity index (χ0) is 15.9. The van der Waals surface area contributed by atoms with Crippen molar-refractivity contribution in [3.8, 4) is 0 Å². The van der Waals surface area contributed by atoms with Crippen molar-refractivity contribution >= 4 is 30.7 Å². The first-order valence-corrected chi connectivity index (χ1v) is 8.42. The number of likely N-dealkylation sites (tertiary alicyclic amines) is 1. The van der Waals surface area contributed by atoms with Gasteiger partial charge in [-0.05, 0) is 49.4 Å². The lowest BCUT2D eigenvalue weighted by molar-refractivity contribution is -0.122. The molecule has 1 aromatic carbocycles. The predicted molar refractivity (Wildman–Crippen MR) is 105 cm³/mol. The van der Waals surface area contributed by atoms with Gasteiger partial charge in [0.15, 0.2) is 0 Å². The first kappa shape index (κ1) is 23.2. The molecule has 1 amide bonds. The average molecular weight is 376 g/mol. The molecule has 4 nitrogen and oxygen atoms in total. The van der Waals surface area contributed by atoms with Gasteiger partial charge in [-0.1, -0.05) is 38.1 Å². The molecule has 0 aliphatic carbocycles. The standard InChI is InChI=1S/C18H29N3O.2ClH/c1-3-17(19)18(22)20-12-15-5-4-6-16(11-15)13-21-9-7-14(2)8-10-21;;/h4-6,11,14,17H,3,7-10,12-13,19H2,1-2H3,(H,20,22);2*1H/t17-;;/m0../s1. The van der Waals surface area contributed by atoms with Crippen molar-refractivity contribution in [3.63, 3.8) is 0 Å². The van der Waals surface area contributed by atoms with Gasteiger partial charge in [0.05, 0.1) is 6.04 Å². The highest BCUT2D eigenvalue weighted by Crippen LogP contribution is 2.18. The second-order valence-corrected chi connectivity index (χ2v) is 6.51. The van der Waals surface area contributed by atoms with Crippen molar-refractivity contribution in [3.05, 3.63) is 35.4 Å². The molecule has 1 atom stereocenters. The van der Waals surface area contributed by atoms with Crippen molar-refractivity contribution in [1.29, 1.82) is 0 Å². The molecule has 1 aliphatic heterocycles. The fourth-order valence-corrected chi connectivity index (χ4v) is 2.82. The molecule has 1 heterocycles. The first-order valence-electron chi connectivity index (χ1n) is 8.42. The number of nitrogens with zero attached hydrogens (tertiary/aromatic N) is 1. The van der Waals surface area contributed by atoms with Crippen LogP contribution < -0.4 is 11.1 Å². The first-order chi connectivity index (χ1) is 10.6. The summed E-state index contributed by atoms with van der Waals surface area (Å²) < 4.78 is 0. The van der Waals surface area contributed by atoms with Crippen LogP contribution in [0, 0.1) is 5.92 Å². The third kappa shape index (κ3) is 7.39. The van der Waals surface area contributed by atoms with Crippen LogP contribution in [0.2, 0.25) is 0 Å². The molecule has 1 fully saturated rings. The average Bonchev–Trinajstić information content (AvgIpc) is 2.54. The summed E-state index contributed by atoms with van der Waals surface area (Å²) >= 11 is 0. The Balaban J connectivity index is 0.00000264. The monoisotopic (exact) mass is 375 g/mol. The van der Waals surface area contributed by atoms with E-state index >= 15 is 0 Å². The minimum atomic E-state index is -0.404. The maximum Gasteiger partial charge on any atom is 0.237 e. The Bertz CT molecular complexity index is 491. The molecule has 1 aliphatic rings. The van der Waals surface area contributed by atoms with Crippen molar-refractivity contribution in [2.24, 2.45) is 11.7 Å². The predicted octanol–water partition coefficient (Wildman–Crippen LogP) is 3.12. The number of nitrogens with one attached hydrogen (secondary N) is 1. The lowest BCUT2D eigenvalue weighted by Crippen LogP contribution is -2.39. The van der Waals surface area contributed by atoms with Gasteiger partial charge < -0.3 is 11.1 Å². The van der Waals surface area contributed by atoms with E-state index in [0.29, 0.717) is 13.0 Å². The van der Waals surface area contributed by atoms with E-state index in [1.54, 1.807) is 0 Å². The maximum absolute atomic E-state index is 11.7. The van der Waals surface area contributed by atoms with Crippen LogP contribution in [0.15, 0.2) is 24.3 Å². The summed E-state index contributed by atoms with van der Waals surface area (Å²) in [5, 5.41) is 2.91. The molecule has 6 heteroatoms. The SMILES string of the molecule is CC[C@H](N)C(=O)NCc1cccc(CN2CCC(C)CC2)c1.Cl.Cl. The topological polar surface area (TPSA) is 58.4 Å². The van der Waals surface area contributed by atoms with Crippen molar-refractivity contribution in [1.82, 2.24) is 10.2 Å². The molecule has 0 bridgehead atoms. The Kier molecular flexibility index (Phi) is 11.3. The molecule has 1 saturated heterocycles. The number of amides is 1. The number of rotatable bonds is 6. The second-order valence-electron chi connectivity index (χ2n) is 6.51. The molecule has 24 heavy (non-hydrogen) atoms. The molecular weight excluding hydrogens is 345 g/mol. The van der Waals surface area contributed by atoms with E-state index in [1.807, 2.05) is 6.92 Å². The van der Waals surface area contributed by atoms with E-state index in [9.17, 15) is 4.79 Å². The van der Waals surface area contributed by atoms with Crippen LogP contribution in [-0.2, 0) is 17.9 Å². The zero-order valence-electron chi connectivity index (χ0n) is 14.7. The van der Waals surface area contributed by atoms with Gasteiger partial charge in [-0.2, -0.15) is 0 Å². The van der Waals surface area contributed by atoms with Gasteiger partial charge in [0, 0.05) is 13.1 Å². The molecule has 3 N–H and O–H groups in total. The smallest absolute Gasteiger partial charge is 0.237 e. The van der Waals surface area contributed by atoms with E-state index in [2.05, 4.69) is 41.4 Å². The molecule has 0 saturated carbocycles. The van der Waals surface area contributed by atoms with Gasteiger partial charge >= 0.3 is 0 Å². The van der Waals surface area contributed by atoms with Gasteiger partial charge in [-0.3, -0.25) is 9.69 Å². The van der Waals surface area contributed by atoms with Gasteiger partial charge in [0.2, 0.25) is 5.91 Å². The van der Waals surface area contributed by atoms with Crippen molar-refractivity contribution in [2.75, 3.05) is 13.1 Å². The van der Waals surface area contributed by atoms with E-state index in [1.165, 1.54) is 31.5 Å². The molecule has 0 radical (unpaired) electrons. The van der Waals surface area contributed by atoms with Crippen LogP contribution in [0.4, 0.5) is 0 Å². The maximum atomic E-state index is 11.7. The van der Waals surface area contributed by atoms with Gasteiger partial charge in [-0.25, -0.2) is 0 Å². The van der Waals surface area contributed by atoms with Gasteiger partial charge in [-0.15, -0.1) is 24.8 Å². The Morgan fingerprint density at radius 1 is 1.29 bits per heavy atom. The van der Waals surface area contributed by atoms with Gasteiger partial charge in [0.25, 0.3) is 0 Å². The summed E-state index contributed by atoms with van der Waals surface area (Å²) in [7, 11) is 0. The summed E-state index contributed by atoms with van der Waals surface area (Å²) in [6.45, 7) is 8.19. The third-order valence-corrected chi connectivity index (χ3v) is 4.52. The number of benzene rings is 1. The molecule has 0 unspecified atom stereocenters. The quantitative estimate of drug-likeness (QED) is 0.802. The number of halogens is 2. The summed E-state index contributed by atoms with van der Waals surface area (Å²) in [4.78, 5) is 14.3. The number of hydrogen-bond donors (Lipinski definition) is 2. The number of nitrogens with two attached hydrogens (primary N) is 1. The molecule has 0 spiro atoms. The highest BCUT2D eigenvalue weighted by molar-refractivity contribution is 5.85. The van der Waals surface area contributed by atoms with E-state index in [-0.39, 0.29) is 30.7 Å². The van der Waals surface area contributed by atoms with E-state index in [0.717, 1.165) is 18.0 Å². The van der Waals surface area contributed by atoms with E-state index in [4.69, 9.17) is 5.73 Å². The third-order valence-electron chi connectivity index (χ3n) is 4.52.